The first-order valence-corrected chi connectivity index (χ1v) is 2.93. The van der Waals surface area contributed by atoms with Gasteiger partial charge in [0.1, 0.15) is 6.10 Å². The number of nitrogens with zero attached hydrogens (tertiary/aromatic N) is 1. The maximum absolute atomic E-state index is 8.88. The van der Waals surface area contributed by atoms with Crippen LogP contribution in [0.4, 0.5) is 0 Å². The Kier molecular flexibility index (Phi) is 1.63. The van der Waals surface area contributed by atoms with Gasteiger partial charge in [-0.05, 0) is 19.1 Å². The van der Waals surface area contributed by atoms with Crippen LogP contribution in [0.25, 0.3) is 0 Å². The van der Waals surface area contributed by atoms with Crippen LogP contribution in [0.15, 0.2) is 0 Å². The van der Waals surface area contributed by atoms with Gasteiger partial charge in [0.15, 0.2) is 5.82 Å². The molecule has 4 nitrogen and oxygen atoms in total. The molecule has 0 aromatic carbocycles. The van der Waals surface area contributed by atoms with Crippen LogP contribution in [0.2, 0.25) is 0 Å². The lowest BCUT2D eigenvalue weighted by Gasteiger charge is -1.93. The molecule has 0 bridgehead atoms. The molecule has 0 aliphatic rings. The van der Waals surface area contributed by atoms with Crippen molar-refractivity contribution in [1.82, 2.24) is 15.2 Å². The van der Waals surface area contributed by atoms with E-state index >= 15 is 0 Å². The Morgan fingerprint density at radius 2 is 2.33 bits per heavy atom. The van der Waals surface area contributed by atoms with Crippen molar-refractivity contribution < 1.29 is 5.11 Å². The van der Waals surface area contributed by atoms with Gasteiger partial charge < -0.3 is 5.11 Å². The van der Waals surface area contributed by atoms with Crippen molar-refractivity contribution in [2.24, 2.45) is 0 Å². The van der Waals surface area contributed by atoms with E-state index in [1.807, 2.05) is 0 Å². The number of nitrogens with one attached hydrogen (secondary N) is 2. The average molecular weight is 145 g/mol. The summed E-state index contributed by atoms with van der Waals surface area (Å²) in [7, 11) is 0. The SMILES string of the molecule is C[C@H](O)c1nc(=S)[nH][nH]1. The van der Waals surface area contributed by atoms with Crippen molar-refractivity contribution in [1.29, 1.82) is 0 Å². The Hall–Kier alpha value is -0.680. The molecule has 1 atom stereocenters. The van der Waals surface area contributed by atoms with E-state index in [0.717, 1.165) is 0 Å². The molecule has 1 rings (SSSR count). The van der Waals surface area contributed by atoms with Crippen molar-refractivity contribution in [2.45, 2.75) is 13.0 Å². The summed E-state index contributed by atoms with van der Waals surface area (Å²) in [6.07, 6.45) is -0.585. The van der Waals surface area contributed by atoms with Gasteiger partial charge in [0.2, 0.25) is 4.77 Å². The summed E-state index contributed by atoms with van der Waals surface area (Å²) in [6.45, 7) is 1.61. The molecule has 9 heavy (non-hydrogen) atoms. The maximum atomic E-state index is 8.88. The predicted molar refractivity (Wildman–Crippen MR) is 34.4 cm³/mol. The fraction of sp³-hybridized carbons (Fsp3) is 0.500. The van der Waals surface area contributed by atoms with Crippen molar-refractivity contribution >= 4 is 12.2 Å². The topological polar surface area (TPSA) is 64.7 Å². The first kappa shape index (κ1) is 6.44. The minimum Gasteiger partial charge on any atom is -0.385 e. The number of aromatic nitrogens is 3. The van der Waals surface area contributed by atoms with Gasteiger partial charge in [-0.15, -0.1) is 0 Å². The molecule has 5 heteroatoms. The number of aromatic amines is 2. The zero-order chi connectivity index (χ0) is 6.85. The molecule has 0 aliphatic heterocycles. The van der Waals surface area contributed by atoms with Crippen molar-refractivity contribution in [3.05, 3.63) is 10.6 Å². The van der Waals surface area contributed by atoms with Gasteiger partial charge in [-0.2, -0.15) is 0 Å². The van der Waals surface area contributed by atoms with Crippen LogP contribution in [0.1, 0.15) is 18.9 Å². The highest BCUT2D eigenvalue weighted by molar-refractivity contribution is 7.71. The lowest BCUT2D eigenvalue weighted by molar-refractivity contribution is 0.189. The van der Waals surface area contributed by atoms with E-state index in [-0.39, 0.29) is 0 Å². The Bertz CT molecular complexity index is 238. The minimum atomic E-state index is -0.585. The van der Waals surface area contributed by atoms with E-state index in [9.17, 15) is 0 Å². The van der Waals surface area contributed by atoms with Crippen LogP contribution in [0.3, 0.4) is 0 Å². The summed E-state index contributed by atoms with van der Waals surface area (Å²) in [6, 6.07) is 0. The molecular formula is C4H7N3OS. The summed E-state index contributed by atoms with van der Waals surface area (Å²) in [4.78, 5) is 3.76. The lowest BCUT2D eigenvalue weighted by atomic mass is 10.4. The third-order valence-corrected chi connectivity index (χ3v) is 1.11. The first-order valence-electron chi connectivity index (χ1n) is 2.53. The standard InChI is InChI=1S/C4H7N3OS/c1-2(8)3-5-4(9)7-6-3/h2,8H,1H3,(H2,5,6,7,9)/t2-/m0/s1. The number of hydrogen-bond acceptors (Lipinski definition) is 3. The smallest absolute Gasteiger partial charge is 0.213 e. The van der Waals surface area contributed by atoms with E-state index in [2.05, 4.69) is 27.4 Å². The Balaban J connectivity index is 2.98. The zero-order valence-electron chi connectivity index (χ0n) is 4.88. The third kappa shape index (κ3) is 1.36. The third-order valence-electron chi connectivity index (χ3n) is 0.915. The largest absolute Gasteiger partial charge is 0.385 e. The summed E-state index contributed by atoms with van der Waals surface area (Å²) in [5.41, 5.74) is 0. The monoisotopic (exact) mass is 145 g/mol. The number of aliphatic hydroxyl groups excluding tert-OH is 1. The molecule has 50 valence electrons. The zero-order valence-corrected chi connectivity index (χ0v) is 5.70. The fourth-order valence-electron chi connectivity index (χ4n) is 0.481. The van der Waals surface area contributed by atoms with E-state index in [1.54, 1.807) is 6.92 Å². The van der Waals surface area contributed by atoms with Gasteiger partial charge in [0, 0.05) is 0 Å². The second-order valence-corrected chi connectivity index (χ2v) is 2.11. The molecule has 0 aliphatic carbocycles. The van der Waals surface area contributed by atoms with Crippen LogP contribution < -0.4 is 0 Å². The van der Waals surface area contributed by atoms with Crippen molar-refractivity contribution in [2.75, 3.05) is 0 Å². The van der Waals surface area contributed by atoms with Crippen LogP contribution in [0, 0.1) is 4.77 Å². The molecule has 0 unspecified atom stereocenters. The Morgan fingerprint density at radius 3 is 2.56 bits per heavy atom. The Labute approximate surface area is 56.9 Å². The normalized spacial score (nSPS) is 13.6. The van der Waals surface area contributed by atoms with E-state index < -0.39 is 6.10 Å². The molecule has 0 radical (unpaired) electrons. The van der Waals surface area contributed by atoms with Gasteiger partial charge in [-0.25, -0.2) is 4.98 Å². The number of aliphatic hydroxyl groups is 1. The Morgan fingerprint density at radius 1 is 1.67 bits per heavy atom. The molecule has 0 spiro atoms. The van der Waals surface area contributed by atoms with Gasteiger partial charge in [0.25, 0.3) is 0 Å². The molecule has 1 heterocycles. The average Bonchev–Trinajstić information content (AvgIpc) is 2.14. The molecule has 3 N–H and O–H groups in total. The number of H-pyrrole nitrogens is 2. The quantitative estimate of drug-likeness (QED) is 0.505. The molecule has 1 aromatic rings. The highest BCUT2D eigenvalue weighted by Crippen LogP contribution is 2.01. The van der Waals surface area contributed by atoms with Crippen molar-refractivity contribution in [3.8, 4) is 0 Å². The molecular weight excluding hydrogens is 138 g/mol. The second-order valence-electron chi connectivity index (χ2n) is 1.73. The van der Waals surface area contributed by atoms with E-state index in [4.69, 9.17) is 5.11 Å². The minimum absolute atomic E-state index is 0.367. The van der Waals surface area contributed by atoms with Crippen LogP contribution in [-0.4, -0.2) is 20.3 Å². The van der Waals surface area contributed by atoms with E-state index in [1.165, 1.54) is 0 Å². The van der Waals surface area contributed by atoms with Crippen LogP contribution in [-0.2, 0) is 0 Å². The van der Waals surface area contributed by atoms with Gasteiger partial charge in [-0.3, -0.25) is 10.2 Å². The summed E-state index contributed by atoms with van der Waals surface area (Å²) >= 11 is 4.64. The molecule has 0 amide bonds. The van der Waals surface area contributed by atoms with Gasteiger partial charge in [0.05, 0.1) is 0 Å². The highest BCUT2D eigenvalue weighted by Gasteiger charge is 2.01. The molecule has 0 saturated heterocycles. The fourth-order valence-corrected chi connectivity index (χ4v) is 0.630. The molecule has 0 fully saturated rings. The molecule has 0 saturated carbocycles. The van der Waals surface area contributed by atoms with Crippen LogP contribution in [0.5, 0.6) is 0 Å². The number of hydrogen-bond donors (Lipinski definition) is 3. The van der Waals surface area contributed by atoms with E-state index in [0.29, 0.717) is 10.6 Å². The van der Waals surface area contributed by atoms with Gasteiger partial charge >= 0.3 is 0 Å². The maximum Gasteiger partial charge on any atom is 0.213 e. The predicted octanol–water partition coefficient (Wildman–Crippen LogP) is 0.521. The summed E-state index contributed by atoms with van der Waals surface area (Å²) in [5, 5.41) is 14.1. The number of rotatable bonds is 1. The molecule has 1 aromatic heterocycles. The highest BCUT2D eigenvalue weighted by atomic mass is 32.1. The van der Waals surface area contributed by atoms with Gasteiger partial charge in [-0.1, -0.05) is 0 Å². The first-order chi connectivity index (χ1) is 4.20. The summed E-state index contributed by atoms with van der Waals surface area (Å²) in [5.74, 6) is 0.472. The summed E-state index contributed by atoms with van der Waals surface area (Å²) < 4.78 is 0.367. The van der Waals surface area contributed by atoms with Crippen molar-refractivity contribution in [3.63, 3.8) is 0 Å². The lowest BCUT2D eigenvalue weighted by Crippen LogP contribution is -1.92. The second kappa shape index (κ2) is 2.28. The van der Waals surface area contributed by atoms with Crippen LogP contribution >= 0.6 is 12.2 Å².